The van der Waals surface area contributed by atoms with E-state index in [-0.39, 0.29) is 0 Å². The van der Waals surface area contributed by atoms with Crippen molar-refractivity contribution in [3.63, 3.8) is 0 Å². The van der Waals surface area contributed by atoms with Gasteiger partial charge in [-0.1, -0.05) is 13.8 Å². The van der Waals surface area contributed by atoms with Crippen molar-refractivity contribution in [3.05, 3.63) is 0 Å². The van der Waals surface area contributed by atoms with Crippen LogP contribution in [0.5, 0.6) is 0 Å². The second-order valence-electron chi connectivity index (χ2n) is 4.38. The Balaban J connectivity index is 2.01. The van der Waals surface area contributed by atoms with Gasteiger partial charge in [-0.3, -0.25) is 0 Å². The molecule has 1 rings (SSSR count). The van der Waals surface area contributed by atoms with E-state index in [0.29, 0.717) is 6.04 Å². The highest BCUT2D eigenvalue weighted by atomic mass is 16.5. The van der Waals surface area contributed by atoms with Gasteiger partial charge in [-0.05, 0) is 39.5 Å². The van der Waals surface area contributed by atoms with Crippen LogP contribution in [-0.2, 0) is 4.74 Å². The third-order valence-electron chi connectivity index (χ3n) is 3.43. The third-order valence-corrected chi connectivity index (χ3v) is 3.43. The van der Waals surface area contributed by atoms with Gasteiger partial charge in [-0.25, -0.2) is 0 Å². The van der Waals surface area contributed by atoms with Gasteiger partial charge in [-0.2, -0.15) is 0 Å². The monoisotopic (exact) mass is 214 g/mol. The first-order valence-corrected chi connectivity index (χ1v) is 6.28. The molecule has 1 heterocycles. The quantitative estimate of drug-likeness (QED) is 0.596. The molecule has 1 aliphatic heterocycles. The molecule has 0 aromatic carbocycles. The second kappa shape index (κ2) is 7.20. The highest BCUT2D eigenvalue weighted by molar-refractivity contribution is 4.75. The summed E-state index contributed by atoms with van der Waals surface area (Å²) in [7, 11) is 2.20. The molecular formula is C12H26N2O. The summed E-state index contributed by atoms with van der Waals surface area (Å²) < 4.78 is 5.74. The summed E-state index contributed by atoms with van der Waals surface area (Å²) in [6.45, 7) is 10.8. The van der Waals surface area contributed by atoms with Crippen LogP contribution in [0.4, 0.5) is 0 Å². The van der Waals surface area contributed by atoms with Crippen molar-refractivity contribution in [1.29, 1.82) is 0 Å². The molecule has 0 radical (unpaired) electrons. The summed E-state index contributed by atoms with van der Waals surface area (Å²) >= 11 is 0. The van der Waals surface area contributed by atoms with Gasteiger partial charge in [0.25, 0.3) is 0 Å². The fraction of sp³-hybridized carbons (Fsp3) is 1.00. The fourth-order valence-electron chi connectivity index (χ4n) is 2.14. The summed E-state index contributed by atoms with van der Waals surface area (Å²) in [5, 5.41) is 0. The van der Waals surface area contributed by atoms with Crippen molar-refractivity contribution >= 4 is 0 Å². The zero-order chi connectivity index (χ0) is 11.1. The van der Waals surface area contributed by atoms with Gasteiger partial charge in [0, 0.05) is 12.6 Å². The summed E-state index contributed by atoms with van der Waals surface area (Å²) in [5.74, 6) is 0. The molecule has 0 aromatic rings. The van der Waals surface area contributed by atoms with E-state index in [2.05, 4.69) is 30.7 Å². The zero-order valence-corrected chi connectivity index (χ0v) is 10.5. The third kappa shape index (κ3) is 4.49. The molecule has 1 aliphatic rings. The number of hydrogen-bond donors (Lipinski definition) is 0. The lowest BCUT2D eigenvalue weighted by atomic mass is 10.2. The van der Waals surface area contributed by atoms with E-state index in [4.69, 9.17) is 4.74 Å². The number of nitrogens with zero attached hydrogens (tertiary/aromatic N) is 2. The minimum absolute atomic E-state index is 0.668. The molecule has 0 saturated carbocycles. The Hall–Kier alpha value is -0.120. The average Bonchev–Trinajstić information content (AvgIpc) is 2.65. The van der Waals surface area contributed by atoms with E-state index in [9.17, 15) is 0 Å². The molecule has 3 heteroatoms. The maximum absolute atomic E-state index is 5.74. The van der Waals surface area contributed by atoms with Gasteiger partial charge in [0.05, 0.1) is 13.2 Å². The lowest BCUT2D eigenvalue weighted by Gasteiger charge is -2.21. The van der Waals surface area contributed by atoms with E-state index in [0.717, 1.165) is 32.8 Å². The maximum Gasteiger partial charge on any atom is 0.0622 e. The molecule has 1 atom stereocenters. The van der Waals surface area contributed by atoms with Crippen molar-refractivity contribution in [2.24, 2.45) is 0 Å². The van der Waals surface area contributed by atoms with Gasteiger partial charge in [-0.15, -0.1) is 0 Å². The fourth-order valence-corrected chi connectivity index (χ4v) is 2.14. The first kappa shape index (κ1) is 12.9. The Morgan fingerprint density at radius 2 is 2.07 bits per heavy atom. The second-order valence-corrected chi connectivity index (χ2v) is 4.38. The molecule has 15 heavy (non-hydrogen) atoms. The van der Waals surface area contributed by atoms with E-state index in [1.807, 2.05) is 0 Å². The lowest BCUT2D eigenvalue weighted by Crippen LogP contribution is -2.32. The minimum Gasteiger partial charge on any atom is -0.378 e. The van der Waals surface area contributed by atoms with E-state index >= 15 is 0 Å². The van der Waals surface area contributed by atoms with Crippen molar-refractivity contribution < 1.29 is 4.74 Å². The van der Waals surface area contributed by atoms with Gasteiger partial charge in [0.1, 0.15) is 0 Å². The molecule has 0 amide bonds. The molecule has 1 saturated heterocycles. The van der Waals surface area contributed by atoms with Crippen LogP contribution in [0, 0.1) is 0 Å². The molecule has 0 N–H and O–H groups in total. The maximum atomic E-state index is 5.74. The van der Waals surface area contributed by atoms with Gasteiger partial charge in [0.15, 0.2) is 0 Å². The zero-order valence-electron chi connectivity index (χ0n) is 10.5. The van der Waals surface area contributed by atoms with Crippen LogP contribution >= 0.6 is 0 Å². The topological polar surface area (TPSA) is 15.7 Å². The molecule has 0 bridgehead atoms. The molecule has 1 fully saturated rings. The molecule has 0 aliphatic carbocycles. The summed E-state index contributed by atoms with van der Waals surface area (Å²) in [4.78, 5) is 4.82. The van der Waals surface area contributed by atoms with Crippen LogP contribution in [0.2, 0.25) is 0 Å². The van der Waals surface area contributed by atoms with Crippen molar-refractivity contribution in [2.75, 3.05) is 46.4 Å². The average molecular weight is 214 g/mol. The number of likely N-dealkylation sites (tertiary alicyclic amines) is 1. The van der Waals surface area contributed by atoms with Crippen LogP contribution < -0.4 is 0 Å². The summed E-state index contributed by atoms with van der Waals surface area (Å²) in [5.41, 5.74) is 0. The first-order valence-electron chi connectivity index (χ1n) is 6.28. The number of rotatable bonds is 7. The van der Waals surface area contributed by atoms with E-state index in [1.165, 1.54) is 19.4 Å². The molecule has 3 nitrogen and oxygen atoms in total. The normalized spacial score (nSPS) is 22.8. The Morgan fingerprint density at radius 3 is 2.60 bits per heavy atom. The van der Waals surface area contributed by atoms with Crippen molar-refractivity contribution in [2.45, 2.75) is 32.7 Å². The largest absolute Gasteiger partial charge is 0.378 e. The van der Waals surface area contributed by atoms with Crippen LogP contribution in [0.15, 0.2) is 0 Å². The standard InChI is InChI=1S/C12H26N2O/c1-4-14(5-2)9-10-15-11-12-7-6-8-13(12)3/h12H,4-11H2,1-3H3. The summed E-state index contributed by atoms with van der Waals surface area (Å²) in [6.07, 6.45) is 2.64. The van der Waals surface area contributed by atoms with Gasteiger partial charge in [0.2, 0.25) is 0 Å². The Labute approximate surface area is 94.4 Å². The SMILES string of the molecule is CCN(CC)CCOCC1CCCN1C. The molecular weight excluding hydrogens is 188 g/mol. The smallest absolute Gasteiger partial charge is 0.0622 e. The van der Waals surface area contributed by atoms with Crippen LogP contribution in [0.1, 0.15) is 26.7 Å². The Bertz CT molecular complexity index is 160. The van der Waals surface area contributed by atoms with Gasteiger partial charge < -0.3 is 14.5 Å². The minimum atomic E-state index is 0.668. The number of hydrogen-bond acceptors (Lipinski definition) is 3. The molecule has 0 aromatic heterocycles. The molecule has 1 unspecified atom stereocenters. The number of likely N-dealkylation sites (N-methyl/N-ethyl adjacent to an activating group) is 2. The predicted octanol–water partition coefficient (Wildman–Crippen LogP) is 1.44. The van der Waals surface area contributed by atoms with Crippen LogP contribution in [0.25, 0.3) is 0 Å². The Morgan fingerprint density at radius 1 is 1.33 bits per heavy atom. The van der Waals surface area contributed by atoms with Crippen LogP contribution in [-0.4, -0.2) is 62.3 Å². The molecule has 90 valence electrons. The predicted molar refractivity (Wildman–Crippen MR) is 64.3 cm³/mol. The molecule has 0 spiro atoms. The summed E-state index contributed by atoms with van der Waals surface area (Å²) in [6, 6.07) is 0.668. The Kier molecular flexibility index (Phi) is 6.22. The van der Waals surface area contributed by atoms with Gasteiger partial charge >= 0.3 is 0 Å². The highest BCUT2D eigenvalue weighted by Crippen LogP contribution is 2.14. The lowest BCUT2D eigenvalue weighted by molar-refractivity contribution is 0.0698. The van der Waals surface area contributed by atoms with Crippen LogP contribution in [0.3, 0.4) is 0 Å². The van der Waals surface area contributed by atoms with E-state index < -0.39 is 0 Å². The first-order chi connectivity index (χ1) is 7.27. The van der Waals surface area contributed by atoms with Crippen molar-refractivity contribution in [1.82, 2.24) is 9.80 Å². The number of ether oxygens (including phenoxy) is 1. The van der Waals surface area contributed by atoms with E-state index in [1.54, 1.807) is 0 Å². The highest BCUT2D eigenvalue weighted by Gasteiger charge is 2.20. The van der Waals surface area contributed by atoms with Crippen molar-refractivity contribution in [3.8, 4) is 0 Å².